The van der Waals surface area contributed by atoms with Gasteiger partial charge in [0.25, 0.3) is 0 Å². The highest BCUT2D eigenvalue weighted by Gasteiger charge is 2.22. The van der Waals surface area contributed by atoms with Crippen molar-refractivity contribution in [2.24, 2.45) is 16.6 Å². The second-order valence-corrected chi connectivity index (χ2v) is 8.23. The van der Waals surface area contributed by atoms with Crippen molar-refractivity contribution < 1.29 is 4.79 Å². The average Bonchev–Trinajstić information content (AvgIpc) is 2.52. The summed E-state index contributed by atoms with van der Waals surface area (Å²) >= 11 is 0. The van der Waals surface area contributed by atoms with Gasteiger partial charge in [-0.05, 0) is 59.0 Å². The molecule has 25 heavy (non-hydrogen) atoms. The van der Waals surface area contributed by atoms with E-state index in [1.807, 2.05) is 20.8 Å². The first-order valence-corrected chi connectivity index (χ1v) is 9.87. The maximum Gasteiger partial charge on any atom is 0.234 e. The fraction of sp³-hybridized carbons (Fsp3) is 0.895. The van der Waals surface area contributed by atoms with Crippen molar-refractivity contribution in [3.05, 3.63) is 0 Å². The van der Waals surface area contributed by atoms with Crippen LogP contribution in [-0.4, -0.2) is 55.0 Å². The summed E-state index contributed by atoms with van der Waals surface area (Å²) in [5.41, 5.74) is 5.77. The van der Waals surface area contributed by atoms with Gasteiger partial charge >= 0.3 is 0 Å². The van der Waals surface area contributed by atoms with Crippen LogP contribution in [0.1, 0.15) is 66.2 Å². The van der Waals surface area contributed by atoms with E-state index in [1.54, 1.807) is 0 Å². The summed E-state index contributed by atoms with van der Waals surface area (Å²) in [4.78, 5) is 18.7. The lowest BCUT2D eigenvalue weighted by Gasteiger charge is -2.31. The van der Waals surface area contributed by atoms with Crippen LogP contribution in [0.15, 0.2) is 4.99 Å². The van der Waals surface area contributed by atoms with Crippen molar-refractivity contribution in [1.82, 2.24) is 15.5 Å². The van der Waals surface area contributed by atoms with E-state index in [0.29, 0.717) is 18.4 Å². The third-order valence-corrected chi connectivity index (χ3v) is 4.45. The van der Waals surface area contributed by atoms with Gasteiger partial charge in [-0.25, -0.2) is 0 Å². The molecule has 0 unspecified atom stereocenters. The Hall–Kier alpha value is -1.30. The second-order valence-electron chi connectivity index (χ2n) is 8.23. The van der Waals surface area contributed by atoms with Gasteiger partial charge in [-0.3, -0.25) is 14.7 Å². The molecule has 0 atom stereocenters. The maximum atomic E-state index is 12.0. The van der Waals surface area contributed by atoms with E-state index in [4.69, 9.17) is 5.73 Å². The van der Waals surface area contributed by atoms with Gasteiger partial charge in [0.1, 0.15) is 0 Å². The molecule has 1 rings (SSSR count). The number of aliphatic imine (C=N–C) groups is 1. The number of likely N-dealkylation sites (tertiary alicyclic amines) is 1. The van der Waals surface area contributed by atoms with Crippen molar-refractivity contribution in [3.8, 4) is 0 Å². The molecular weight excluding hydrogens is 314 g/mol. The van der Waals surface area contributed by atoms with E-state index in [0.717, 1.165) is 45.4 Å². The number of hydrogen-bond acceptors (Lipinski definition) is 3. The number of carbonyl (C=O) groups is 1. The molecule has 1 aliphatic heterocycles. The van der Waals surface area contributed by atoms with Gasteiger partial charge in [0.15, 0.2) is 5.96 Å². The van der Waals surface area contributed by atoms with E-state index in [1.165, 1.54) is 19.3 Å². The van der Waals surface area contributed by atoms with E-state index in [9.17, 15) is 4.79 Å². The minimum atomic E-state index is -0.162. The number of nitrogens with one attached hydrogen (secondary N) is 2. The van der Waals surface area contributed by atoms with Crippen LogP contribution in [0, 0.1) is 5.92 Å². The number of amides is 1. The summed E-state index contributed by atoms with van der Waals surface area (Å²) in [5, 5.41) is 6.22. The smallest absolute Gasteiger partial charge is 0.234 e. The van der Waals surface area contributed by atoms with Crippen molar-refractivity contribution in [1.29, 1.82) is 0 Å². The standard InChI is InChI=1S/C19H39N5O/c1-5-6-7-8-11-21-18(20)22-14-16-9-12-24(13-10-16)15-17(25)23-19(2,3)4/h16H,5-15H2,1-4H3,(H,23,25)(H3,20,21,22). The molecule has 6 nitrogen and oxygen atoms in total. The molecule has 0 bridgehead atoms. The number of rotatable bonds is 9. The number of hydrogen-bond donors (Lipinski definition) is 3. The molecule has 4 N–H and O–H groups in total. The lowest BCUT2D eigenvalue weighted by molar-refractivity contribution is -0.124. The number of carbonyl (C=O) groups excluding carboxylic acids is 1. The summed E-state index contributed by atoms with van der Waals surface area (Å²) < 4.78 is 0. The quantitative estimate of drug-likeness (QED) is 0.337. The normalized spacial score (nSPS) is 17.5. The van der Waals surface area contributed by atoms with Crippen LogP contribution in [0.4, 0.5) is 0 Å². The highest BCUT2D eigenvalue weighted by Crippen LogP contribution is 2.17. The monoisotopic (exact) mass is 353 g/mol. The third kappa shape index (κ3) is 11.0. The summed E-state index contributed by atoms with van der Waals surface area (Å²) in [6, 6.07) is 0. The van der Waals surface area contributed by atoms with Gasteiger partial charge in [-0.15, -0.1) is 0 Å². The molecule has 0 spiro atoms. The summed E-state index contributed by atoms with van der Waals surface area (Å²) in [6.45, 7) is 12.4. The average molecular weight is 354 g/mol. The Morgan fingerprint density at radius 3 is 2.48 bits per heavy atom. The van der Waals surface area contributed by atoms with Gasteiger partial charge in [0, 0.05) is 18.6 Å². The summed E-state index contributed by atoms with van der Waals surface area (Å²) in [7, 11) is 0. The minimum absolute atomic E-state index is 0.112. The van der Waals surface area contributed by atoms with Crippen LogP contribution < -0.4 is 16.4 Å². The highest BCUT2D eigenvalue weighted by atomic mass is 16.2. The first-order chi connectivity index (χ1) is 11.8. The zero-order chi connectivity index (χ0) is 18.7. The lowest BCUT2D eigenvalue weighted by atomic mass is 9.97. The molecule has 6 heteroatoms. The SMILES string of the molecule is CCCCCCNC(N)=NCC1CCN(CC(=O)NC(C)(C)C)CC1. The minimum Gasteiger partial charge on any atom is -0.370 e. The molecule has 1 heterocycles. The Morgan fingerprint density at radius 2 is 1.88 bits per heavy atom. The van der Waals surface area contributed by atoms with Gasteiger partial charge in [0.2, 0.25) is 5.91 Å². The molecule has 0 saturated carbocycles. The van der Waals surface area contributed by atoms with Crippen molar-refractivity contribution in [2.75, 3.05) is 32.7 Å². The van der Waals surface area contributed by atoms with E-state index in [2.05, 4.69) is 27.4 Å². The van der Waals surface area contributed by atoms with Crippen molar-refractivity contribution >= 4 is 11.9 Å². The fourth-order valence-corrected chi connectivity index (χ4v) is 3.04. The van der Waals surface area contributed by atoms with E-state index in [-0.39, 0.29) is 11.4 Å². The van der Waals surface area contributed by atoms with Crippen LogP contribution in [0.5, 0.6) is 0 Å². The van der Waals surface area contributed by atoms with Crippen molar-refractivity contribution in [2.45, 2.75) is 71.8 Å². The molecule has 0 aromatic carbocycles. The molecule has 0 aromatic rings. The summed E-state index contributed by atoms with van der Waals surface area (Å²) in [6.07, 6.45) is 7.09. The van der Waals surface area contributed by atoms with Gasteiger partial charge in [-0.2, -0.15) is 0 Å². The topological polar surface area (TPSA) is 82.8 Å². The van der Waals surface area contributed by atoms with Crippen LogP contribution in [-0.2, 0) is 4.79 Å². The third-order valence-electron chi connectivity index (χ3n) is 4.45. The predicted octanol–water partition coefficient (Wildman–Crippen LogP) is 2.10. The fourth-order valence-electron chi connectivity index (χ4n) is 3.04. The van der Waals surface area contributed by atoms with Crippen molar-refractivity contribution in [3.63, 3.8) is 0 Å². The lowest BCUT2D eigenvalue weighted by Crippen LogP contribution is -2.47. The van der Waals surface area contributed by atoms with Crippen LogP contribution in [0.25, 0.3) is 0 Å². The Bertz CT molecular complexity index is 409. The molecule has 0 aromatic heterocycles. The Kier molecular flexibility index (Phi) is 9.86. The maximum absolute atomic E-state index is 12.0. The summed E-state index contributed by atoms with van der Waals surface area (Å²) in [5.74, 6) is 1.26. The van der Waals surface area contributed by atoms with E-state index < -0.39 is 0 Å². The largest absolute Gasteiger partial charge is 0.370 e. The van der Waals surface area contributed by atoms with E-state index >= 15 is 0 Å². The predicted molar refractivity (Wildman–Crippen MR) is 106 cm³/mol. The number of unbranched alkanes of at least 4 members (excludes halogenated alkanes) is 3. The molecule has 1 fully saturated rings. The molecule has 146 valence electrons. The van der Waals surface area contributed by atoms with Gasteiger partial charge < -0.3 is 16.4 Å². The second kappa shape index (κ2) is 11.3. The number of nitrogens with two attached hydrogens (primary N) is 1. The number of nitrogens with zero attached hydrogens (tertiary/aromatic N) is 2. The molecule has 1 saturated heterocycles. The first-order valence-electron chi connectivity index (χ1n) is 9.87. The Balaban J connectivity index is 2.17. The molecular formula is C19H39N5O. The molecule has 0 aliphatic carbocycles. The first kappa shape index (κ1) is 21.7. The van der Waals surface area contributed by atoms with Gasteiger partial charge in [0.05, 0.1) is 6.54 Å². The Morgan fingerprint density at radius 1 is 1.20 bits per heavy atom. The Labute approximate surface area is 154 Å². The van der Waals surface area contributed by atoms with Gasteiger partial charge in [-0.1, -0.05) is 26.2 Å². The molecule has 1 amide bonds. The molecule has 1 aliphatic rings. The van der Waals surface area contributed by atoms with Crippen LogP contribution in [0.2, 0.25) is 0 Å². The van der Waals surface area contributed by atoms with Crippen LogP contribution >= 0.6 is 0 Å². The number of piperidine rings is 1. The zero-order valence-corrected chi connectivity index (χ0v) is 16.7. The number of guanidine groups is 1. The zero-order valence-electron chi connectivity index (χ0n) is 16.7. The highest BCUT2D eigenvalue weighted by molar-refractivity contribution is 5.78. The van der Waals surface area contributed by atoms with Crippen LogP contribution in [0.3, 0.4) is 0 Å². The molecule has 0 radical (unpaired) electrons.